The van der Waals surface area contributed by atoms with Gasteiger partial charge in [0.25, 0.3) is 10.0 Å². The summed E-state index contributed by atoms with van der Waals surface area (Å²) in [5, 5.41) is 3.40. The molecule has 2 aromatic carbocycles. The third kappa shape index (κ3) is 4.54. The molecule has 1 aliphatic heterocycles. The van der Waals surface area contributed by atoms with Crippen LogP contribution in [0.2, 0.25) is 5.02 Å². The lowest BCUT2D eigenvalue weighted by molar-refractivity contribution is -0.120. The van der Waals surface area contributed by atoms with E-state index in [1.54, 1.807) is 50.2 Å². The summed E-state index contributed by atoms with van der Waals surface area (Å²) in [6.45, 7) is 4.23. The molecule has 2 aromatic rings. The van der Waals surface area contributed by atoms with Gasteiger partial charge in [-0.3, -0.25) is 14.5 Å². The average molecular weight is 420 g/mol. The van der Waals surface area contributed by atoms with Crippen LogP contribution < -0.4 is 10.0 Å². The molecule has 3 rings (SSSR count). The normalized spacial score (nSPS) is 14.5. The van der Waals surface area contributed by atoms with E-state index in [2.05, 4.69) is 15.0 Å². The first-order chi connectivity index (χ1) is 13.2. The Bertz CT molecular complexity index is 1020. The van der Waals surface area contributed by atoms with Crippen molar-refractivity contribution in [1.29, 1.82) is 0 Å². The Balaban J connectivity index is 1.78. The molecule has 0 unspecified atom stereocenters. The largest absolute Gasteiger partial charge is 0.325 e. The second kappa shape index (κ2) is 7.93. The summed E-state index contributed by atoms with van der Waals surface area (Å²) in [5.74, 6) is 0.218. The Morgan fingerprint density at radius 1 is 1.14 bits per heavy atom. The van der Waals surface area contributed by atoms with Crippen molar-refractivity contribution in [2.75, 3.05) is 11.9 Å². The summed E-state index contributed by atoms with van der Waals surface area (Å²) in [5.41, 5.74) is 0.387. The van der Waals surface area contributed by atoms with Gasteiger partial charge in [0.2, 0.25) is 5.91 Å². The van der Waals surface area contributed by atoms with E-state index < -0.39 is 15.4 Å². The van der Waals surface area contributed by atoms with Crippen LogP contribution in [-0.4, -0.2) is 26.7 Å². The van der Waals surface area contributed by atoms with Crippen LogP contribution in [-0.2, 0) is 20.2 Å². The highest BCUT2D eigenvalue weighted by atomic mass is 35.5. The average Bonchev–Trinajstić information content (AvgIpc) is 3.14. The van der Waals surface area contributed by atoms with Crippen LogP contribution in [0.5, 0.6) is 0 Å². The molecule has 1 amide bonds. The van der Waals surface area contributed by atoms with Crippen LogP contribution in [0.25, 0.3) is 0 Å². The lowest BCUT2D eigenvalue weighted by atomic mass is 9.83. The second-order valence-electron chi connectivity index (χ2n) is 7.15. The Hall–Kier alpha value is -2.38. The number of hydrogen-bond acceptors (Lipinski definition) is 4. The number of amidine groups is 1. The number of carbonyl (C=O) groups excluding carboxylic acids is 1. The SMILES string of the molecule is CC(C)(C(=O)Nc1cccc(S(=O)(=O)NC2=NCCC2)c1)c1ccc(Cl)cc1. The van der Waals surface area contributed by atoms with Gasteiger partial charge in [-0.15, -0.1) is 0 Å². The molecule has 2 N–H and O–H groups in total. The monoisotopic (exact) mass is 419 g/mol. The maximum Gasteiger partial charge on any atom is 0.262 e. The Kier molecular flexibility index (Phi) is 5.76. The standard InChI is InChI=1S/C20H22ClN3O3S/c1-20(2,14-8-10-15(21)11-9-14)19(25)23-16-5-3-6-17(13-16)28(26,27)24-18-7-4-12-22-18/h3,5-6,8-11,13H,4,7,12H2,1-2H3,(H,22,24)(H,23,25). The predicted molar refractivity (Wildman–Crippen MR) is 111 cm³/mol. The molecule has 6 nitrogen and oxygen atoms in total. The molecule has 0 aliphatic carbocycles. The number of rotatable bonds is 5. The van der Waals surface area contributed by atoms with E-state index in [-0.39, 0.29) is 10.8 Å². The molecule has 0 atom stereocenters. The quantitative estimate of drug-likeness (QED) is 0.774. The topological polar surface area (TPSA) is 87.6 Å². The Morgan fingerprint density at radius 3 is 2.50 bits per heavy atom. The summed E-state index contributed by atoms with van der Waals surface area (Å²) in [7, 11) is -3.74. The first-order valence-corrected chi connectivity index (χ1v) is 10.8. The first kappa shape index (κ1) is 20.4. The van der Waals surface area contributed by atoms with E-state index in [0.29, 0.717) is 29.5 Å². The molecule has 28 heavy (non-hydrogen) atoms. The number of sulfonamides is 1. The number of benzene rings is 2. The van der Waals surface area contributed by atoms with Gasteiger partial charge in [0, 0.05) is 23.7 Å². The number of nitrogens with zero attached hydrogens (tertiary/aromatic N) is 1. The van der Waals surface area contributed by atoms with Gasteiger partial charge in [0.1, 0.15) is 5.84 Å². The molecule has 8 heteroatoms. The highest BCUT2D eigenvalue weighted by Gasteiger charge is 2.30. The van der Waals surface area contributed by atoms with Crippen molar-refractivity contribution in [3.8, 4) is 0 Å². The Morgan fingerprint density at radius 2 is 1.86 bits per heavy atom. The zero-order valence-electron chi connectivity index (χ0n) is 15.7. The van der Waals surface area contributed by atoms with Gasteiger partial charge in [0.05, 0.1) is 10.3 Å². The number of hydrogen-bond donors (Lipinski definition) is 2. The number of aliphatic imine (C=N–C) groups is 1. The van der Waals surface area contributed by atoms with E-state index in [9.17, 15) is 13.2 Å². The molecule has 0 saturated heterocycles. The van der Waals surface area contributed by atoms with Crippen molar-refractivity contribution in [1.82, 2.24) is 4.72 Å². The fourth-order valence-corrected chi connectivity index (χ4v) is 4.12. The number of halogens is 1. The smallest absolute Gasteiger partial charge is 0.262 e. The molecule has 148 valence electrons. The van der Waals surface area contributed by atoms with Crippen LogP contribution in [0, 0.1) is 0 Å². The number of nitrogens with one attached hydrogen (secondary N) is 2. The molecular weight excluding hydrogens is 398 g/mol. The van der Waals surface area contributed by atoms with Crippen molar-refractivity contribution >= 4 is 39.1 Å². The van der Waals surface area contributed by atoms with Crippen LogP contribution >= 0.6 is 11.6 Å². The van der Waals surface area contributed by atoms with Crippen molar-refractivity contribution in [2.45, 2.75) is 37.0 Å². The van der Waals surface area contributed by atoms with Gasteiger partial charge >= 0.3 is 0 Å². The summed E-state index contributed by atoms with van der Waals surface area (Å²) in [6.07, 6.45) is 1.46. The zero-order valence-corrected chi connectivity index (χ0v) is 17.3. The van der Waals surface area contributed by atoms with Gasteiger partial charge in [-0.05, 0) is 56.2 Å². The third-order valence-corrected chi connectivity index (χ3v) is 6.29. The number of amides is 1. The van der Waals surface area contributed by atoms with Crippen molar-refractivity contribution in [3.05, 3.63) is 59.1 Å². The molecular formula is C20H22ClN3O3S. The highest BCUT2D eigenvalue weighted by molar-refractivity contribution is 7.90. The summed E-state index contributed by atoms with van der Waals surface area (Å²) < 4.78 is 27.6. The van der Waals surface area contributed by atoms with Crippen LogP contribution in [0.1, 0.15) is 32.3 Å². The molecule has 0 radical (unpaired) electrons. The molecule has 0 fully saturated rings. The minimum Gasteiger partial charge on any atom is -0.325 e. The fourth-order valence-electron chi connectivity index (χ4n) is 2.86. The maximum atomic E-state index is 12.8. The van der Waals surface area contributed by atoms with Crippen LogP contribution in [0.15, 0.2) is 58.4 Å². The van der Waals surface area contributed by atoms with Crippen molar-refractivity contribution in [2.24, 2.45) is 4.99 Å². The van der Waals surface area contributed by atoms with Gasteiger partial charge in [-0.2, -0.15) is 0 Å². The van der Waals surface area contributed by atoms with Gasteiger partial charge in [0.15, 0.2) is 0 Å². The second-order valence-corrected chi connectivity index (χ2v) is 9.27. The molecule has 0 saturated carbocycles. The van der Waals surface area contributed by atoms with Crippen LogP contribution in [0.4, 0.5) is 5.69 Å². The summed E-state index contributed by atoms with van der Waals surface area (Å²) in [4.78, 5) is 17.0. The van der Waals surface area contributed by atoms with E-state index >= 15 is 0 Å². The van der Waals surface area contributed by atoms with Gasteiger partial charge in [-0.1, -0.05) is 29.8 Å². The Labute approximate surface area is 170 Å². The summed E-state index contributed by atoms with van der Waals surface area (Å²) >= 11 is 5.92. The lowest BCUT2D eigenvalue weighted by Crippen LogP contribution is -2.34. The van der Waals surface area contributed by atoms with Crippen molar-refractivity contribution in [3.63, 3.8) is 0 Å². The number of carbonyl (C=O) groups is 1. The molecule has 0 bridgehead atoms. The maximum absolute atomic E-state index is 12.8. The van der Waals surface area contributed by atoms with E-state index in [0.717, 1.165) is 12.0 Å². The van der Waals surface area contributed by atoms with Gasteiger partial charge in [-0.25, -0.2) is 8.42 Å². The van der Waals surface area contributed by atoms with Crippen molar-refractivity contribution < 1.29 is 13.2 Å². The molecule has 0 aromatic heterocycles. The molecule has 1 heterocycles. The molecule has 0 spiro atoms. The lowest BCUT2D eigenvalue weighted by Gasteiger charge is -2.24. The third-order valence-electron chi connectivity index (χ3n) is 4.66. The van der Waals surface area contributed by atoms with E-state index in [4.69, 9.17) is 11.6 Å². The highest BCUT2D eigenvalue weighted by Crippen LogP contribution is 2.27. The number of anilines is 1. The zero-order chi connectivity index (χ0) is 20.4. The molecule has 1 aliphatic rings. The van der Waals surface area contributed by atoms with Crippen LogP contribution in [0.3, 0.4) is 0 Å². The van der Waals surface area contributed by atoms with Gasteiger partial charge < -0.3 is 5.32 Å². The fraction of sp³-hybridized carbons (Fsp3) is 0.300. The minimum atomic E-state index is -3.74. The van der Waals surface area contributed by atoms with E-state index in [1.165, 1.54) is 12.1 Å². The van der Waals surface area contributed by atoms with E-state index in [1.807, 2.05) is 0 Å². The predicted octanol–water partition coefficient (Wildman–Crippen LogP) is 3.73. The minimum absolute atomic E-state index is 0.0733. The summed E-state index contributed by atoms with van der Waals surface area (Å²) in [6, 6.07) is 13.2. The first-order valence-electron chi connectivity index (χ1n) is 8.92.